The molecule has 1 aromatic carbocycles. The number of fused-ring (bicyclic) bond motifs is 2. The first-order chi connectivity index (χ1) is 17.0. The van der Waals surface area contributed by atoms with Crippen molar-refractivity contribution in [2.75, 3.05) is 26.4 Å². The Bertz CT molecular complexity index is 1310. The standard InChI is InChI=1S/C27H29FN4O3/c28-16-27(10-11-27)17-32-23(29-21-6-7-22(26(33)34)30-25(21)32)15-31-12-8-18(9-13-31)20-5-1-3-19-4-2-14-35-24(19)20/h1-7,18H,8-17H2,(H,33,34). The number of carboxylic acids is 1. The number of alkyl halides is 1. The van der Waals surface area contributed by atoms with Crippen LogP contribution in [0.2, 0.25) is 0 Å². The van der Waals surface area contributed by atoms with Crippen LogP contribution in [0.25, 0.3) is 17.2 Å². The molecule has 8 heteroatoms. The van der Waals surface area contributed by atoms with Crippen LogP contribution in [0.15, 0.2) is 36.4 Å². The number of ether oxygens (including phenoxy) is 1. The fraction of sp³-hybridized carbons (Fsp3) is 0.444. The Balaban J connectivity index is 1.22. The molecule has 2 aliphatic heterocycles. The Hall–Kier alpha value is -3.26. The van der Waals surface area contributed by atoms with Crippen molar-refractivity contribution in [2.24, 2.45) is 5.41 Å². The molecular formula is C27H29FN4O3. The molecule has 1 saturated heterocycles. The SMILES string of the molecule is O=C(O)c1ccc2nc(CN3CCC(c4cccc5c4OCC=C5)CC3)n(CC3(CF)CC3)c2n1. The average Bonchev–Trinajstić information content (AvgIpc) is 3.59. The van der Waals surface area contributed by atoms with Gasteiger partial charge < -0.3 is 14.4 Å². The van der Waals surface area contributed by atoms with Gasteiger partial charge in [-0.05, 0) is 68.5 Å². The number of nitrogens with zero attached hydrogens (tertiary/aromatic N) is 4. The summed E-state index contributed by atoms with van der Waals surface area (Å²) < 4.78 is 21.7. The molecule has 3 aromatic rings. The summed E-state index contributed by atoms with van der Waals surface area (Å²) in [6.07, 6.45) is 7.91. The number of pyridine rings is 1. The molecule has 0 bridgehead atoms. The van der Waals surface area contributed by atoms with E-state index in [1.54, 1.807) is 6.07 Å². The first-order valence-corrected chi connectivity index (χ1v) is 12.4. The van der Waals surface area contributed by atoms with Crippen molar-refractivity contribution in [3.8, 4) is 5.75 Å². The number of carbonyl (C=O) groups is 1. The van der Waals surface area contributed by atoms with E-state index in [9.17, 15) is 14.3 Å². The maximum atomic E-state index is 13.8. The molecule has 3 aliphatic rings. The van der Waals surface area contributed by atoms with Crippen LogP contribution in [-0.2, 0) is 13.1 Å². The van der Waals surface area contributed by atoms with E-state index in [2.05, 4.69) is 34.2 Å². The summed E-state index contributed by atoms with van der Waals surface area (Å²) in [5.41, 5.74) is 3.27. The summed E-state index contributed by atoms with van der Waals surface area (Å²) in [4.78, 5) is 23.1. The van der Waals surface area contributed by atoms with E-state index in [-0.39, 0.29) is 17.8 Å². The van der Waals surface area contributed by atoms with Gasteiger partial charge in [-0.1, -0.05) is 24.3 Å². The predicted octanol–water partition coefficient (Wildman–Crippen LogP) is 4.66. The van der Waals surface area contributed by atoms with Gasteiger partial charge in [0.2, 0.25) is 0 Å². The Morgan fingerprint density at radius 3 is 2.74 bits per heavy atom. The molecular weight excluding hydrogens is 447 g/mol. The largest absolute Gasteiger partial charge is 0.489 e. The summed E-state index contributed by atoms with van der Waals surface area (Å²) in [5.74, 6) is 1.24. The van der Waals surface area contributed by atoms with Gasteiger partial charge in [-0.25, -0.2) is 14.8 Å². The van der Waals surface area contributed by atoms with Gasteiger partial charge >= 0.3 is 5.97 Å². The van der Waals surface area contributed by atoms with Crippen LogP contribution in [0.5, 0.6) is 5.75 Å². The van der Waals surface area contributed by atoms with Crippen LogP contribution < -0.4 is 4.74 Å². The lowest BCUT2D eigenvalue weighted by atomic mass is 9.87. The zero-order valence-electron chi connectivity index (χ0n) is 19.6. The van der Waals surface area contributed by atoms with Gasteiger partial charge in [0.05, 0.1) is 13.2 Å². The highest BCUT2D eigenvalue weighted by atomic mass is 19.1. The smallest absolute Gasteiger partial charge is 0.354 e. The Morgan fingerprint density at radius 1 is 1.17 bits per heavy atom. The number of aromatic nitrogens is 3. The highest BCUT2D eigenvalue weighted by Crippen LogP contribution is 2.48. The van der Waals surface area contributed by atoms with E-state index in [1.807, 2.05) is 10.6 Å². The van der Waals surface area contributed by atoms with Crippen LogP contribution >= 0.6 is 0 Å². The molecule has 0 unspecified atom stereocenters. The van der Waals surface area contributed by atoms with E-state index in [0.717, 1.165) is 55.9 Å². The third-order valence-electron chi connectivity index (χ3n) is 7.71. The number of halogens is 1. The maximum Gasteiger partial charge on any atom is 0.354 e. The number of aromatic carboxylic acids is 1. The van der Waals surface area contributed by atoms with Gasteiger partial charge in [0.15, 0.2) is 11.3 Å². The van der Waals surface area contributed by atoms with Crippen molar-refractivity contribution >= 4 is 23.2 Å². The summed E-state index contributed by atoms with van der Waals surface area (Å²) in [6, 6.07) is 9.59. The highest BCUT2D eigenvalue weighted by Gasteiger charge is 2.44. The summed E-state index contributed by atoms with van der Waals surface area (Å²) in [5, 5.41) is 9.41. The lowest BCUT2D eigenvalue weighted by molar-refractivity contribution is 0.0691. The van der Waals surface area contributed by atoms with Crippen LogP contribution in [0, 0.1) is 5.41 Å². The van der Waals surface area contributed by atoms with E-state index in [4.69, 9.17) is 9.72 Å². The van der Waals surface area contributed by atoms with Crippen LogP contribution in [0.1, 0.15) is 59.0 Å². The first kappa shape index (κ1) is 22.2. The van der Waals surface area contributed by atoms with E-state index >= 15 is 0 Å². The number of carboxylic acid groups (broad SMARTS) is 1. The zero-order chi connectivity index (χ0) is 24.0. The molecule has 35 heavy (non-hydrogen) atoms. The molecule has 2 aromatic heterocycles. The van der Waals surface area contributed by atoms with Crippen molar-refractivity contribution in [3.63, 3.8) is 0 Å². The second-order valence-electron chi connectivity index (χ2n) is 10.1. The number of imidazole rings is 1. The molecule has 182 valence electrons. The van der Waals surface area contributed by atoms with Crippen molar-refractivity contribution < 1.29 is 19.0 Å². The number of benzene rings is 1. The Morgan fingerprint density at radius 2 is 2.00 bits per heavy atom. The number of piperidine rings is 1. The maximum absolute atomic E-state index is 13.8. The fourth-order valence-corrected chi connectivity index (χ4v) is 5.40. The highest BCUT2D eigenvalue weighted by molar-refractivity contribution is 5.88. The molecule has 1 saturated carbocycles. The minimum atomic E-state index is -1.07. The summed E-state index contributed by atoms with van der Waals surface area (Å²) >= 11 is 0. The third-order valence-corrected chi connectivity index (χ3v) is 7.71. The number of para-hydroxylation sites is 1. The van der Waals surface area contributed by atoms with Crippen molar-refractivity contribution in [1.29, 1.82) is 0 Å². The quantitative estimate of drug-likeness (QED) is 0.534. The number of likely N-dealkylation sites (tertiary alicyclic amines) is 1. The monoisotopic (exact) mass is 476 g/mol. The number of hydrogen-bond acceptors (Lipinski definition) is 5. The zero-order valence-corrected chi connectivity index (χ0v) is 19.6. The molecule has 0 amide bonds. The lowest BCUT2D eigenvalue weighted by Gasteiger charge is -2.33. The minimum absolute atomic E-state index is 0.0145. The van der Waals surface area contributed by atoms with Gasteiger partial charge in [-0.15, -0.1) is 0 Å². The molecule has 0 atom stereocenters. The molecule has 4 heterocycles. The topological polar surface area (TPSA) is 80.5 Å². The summed E-state index contributed by atoms with van der Waals surface area (Å²) in [7, 11) is 0. The van der Waals surface area contributed by atoms with Gasteiger partial charge in [0.25, 0.3) is 0 Å². The second-order valence-corrected chi connectivity index (χ2v) is 10.1. The van der Waals surface area contributed by atoms with E-state index < -0.39 is 5.97 Å². The Labute approximate surface area is 203 Å². The average molecular weight is 477 g/mol. The summed E-state index contributed by atoms with van der Waals surface area (Å²) in [6.45, 7) is 3.22. The van der Waals surface area contributed by atoms with E-state index in [1.165, 1.54) is 11.6 Å². The molecule has 0 spiro atoms. The van der Waals surface area contributed by atoms with Crippen molar-refractivity contribution in [2.45, 2.75) is 44.7 Å². The molecule has 7 nitrogen and oxygen atoms in total. The lowest BCUT2D eigenvalue weighted by Crippen LogP contribution is -2.34. The molecule has 1 N–H and O–H groups in total. The molecule has 6 rings (SSSR count). The van der Waals surface area contributed by atoms with Crippen molar-refractivity contribution in [1.82, 2.24) is 19.4 Å². The second kappa shape index (κ2) is 8.75. The number of rotatable bonds is 7. The van der Waals surface area contributed by atoms with Gasteiger partial charge in [0, 0.05) is 17.5 Å². The van der Waals surface area contributed by atoms with Gasteiger partial charge in [-0.2, -0.15) is 0 Å². The van der Waals surface area contributed by atoms with E-state index in [0.29, 0.717) is 36.8 Å². The van der Waals surface area contributed by atoms with Crippen LogP contribution in [-0.4, -0.2) is 56.9 Å². The van der Waals surface area contributed by atoms with Crippen molar-refractivity contribution in [3.05, 3.63) is 59.1 Å². The normalized spacial score (nSPS) is 19.5. The third kappa shape index (κ3) is 4.20. The van der Waals surface area contributed by atoms with Crippen LogP contribution in [0.4, 0.5) is 4.39 Å². The first-order valence-electron chi connectivity index (χ1n) is 12.4. The van der Waals surface area contributed by atoms with Gasteiger partial charge in [-0.3, -0.25) is 9.29 Å². The fourth-order valence-electron chi connectivity index (χ4n) is 5.40. The number of hydrogen-bond donors (Lipinski definition) is 1. The van der Waals surface area contributed by atoms with Crippen LogP contribution in [0.3, 0.4) is 0 Å². The molecule has 0 radical (unpaired) electrons. The minimum Gasteiger partial charge on any atom is -0.489 e. The molecule has 1 aliphatic carbocycles. The predicted molar refractivity (Wildman–Crippen MR) is 130 cm³/mol. The Kier molecular flexibility index (Phi) is 5.56. The molecule has 2 fully saturated rings. The van der Waals surface area contributed by atoms with Gasteiger partial charge in [0.1, 0.15) is 23.7 Å².